The average Bonchev–Trinajstić information content (AvgIpc) is 2.74. The molecule has 0 fully saturated rings. The molecule has 156 valence electrons. The lowest BCUT2D eigenvalue weighted by Crippen LogP contribution is -2.31. The highest BCUT2D eigenvalue weighted by molar-refractivity contribution is 6.43. The number of pyridine rings is 1. The van der Waals surface area contributed by atoms with Crippen LogP contribution in [0.4, 0.5) is 4.39 Å². The molecule has 1 aromatic carbocycles. The van der Waals surface area contributed by atoms with E-state index in [1.807, 2.05) is 30.4 Å². The number of phenolic OH excluding ortho intramolecular Hbond substituents is 1. The first-order valence-corrected chi connectivity index (χ1v) is 10.3. The van der Waals surface area contributed by atoms with E-state index in [1.54, 1.807) is 12.3 Å². The van der Waals surface area contributed by atoms with Crippen molar-refractivity contribution in [3.63, 3.8) is 0 Å². The first kappa shape index (κ1) is 22.0. The van der Waals surface area contributed by atoms with Crippen LogP contribution in [-0.4, -0.2) is 28.3 Å². The average molecular weight is 407 g/mol. The Balaban J connectivity index is 1.85. The number of aromatic hydroxyl groups is 1. The minimum Gasteiger partial charge on any atom is -0.505 e. The minimum absolute atomic E-state index is 0.253. The van der Waals surface area contributed by atoms with Gasteiger partial charge in [-0.2, -0.15) is 0 Å². The van der Waals surface area contributed by atoms with Crippen LogP contribution in [0.25, 0.3) is 11.6 Å². The van der Waals surface area contributed by atoms with Crippen molar-refractivity contribution in [3.8, 4) is 5.75 Å². The molecule has 4 nitrogen and oxygen atoms in total. The molecule has 2 N–H and O–H groups in total. The van der Waals surface area contributed by atoms with Crippen molar-refractivity contribution in [2.24, 2.45) is 0 Å². The Kier molecular flexibility index (Phi) is 7.60. The Morgan fingerprint density at radius 3 is 2.87 bits per heavy atom. The summed E-state index contributed by atoms with van der Waals surface area (Å²) in [6, 6.07) is 9.96. The van der Waals surface area contributed by atoms with Crippen LogP contribution in [0.2, 0.25) is 6.32 Å². The summed E-state index contributed by atoms with van der Waals surface area (Å²) < 4.78 is 19.6. The molecule has 1 atom stereocenters. The second-order valence-electron chi connectivity index (χ2n) is 7.46. The molecular formula is C24H27BFNO3. The van der Waals surface area contributed by atoms with Gasteiger partial charge in [-0.15, -0.1) is 0 Å². The number of benzene rings is 1. The molecule has 6 heteroatoms. The van der Waals surface area contributed by atoms with Crippen LogP contribution in [0.15, 0.2) is 66.4 Å². The molecule has 0 spiro atoms. The molecule has 0 aliphatic carbocycles. The Bertz CT molecular complexity index is 943. The van der Waals surface area contributed by atoms with E-state index in [0.29, 0.717) is 24.7 Å². The standard InChI is InChI=1S/C24H27BFNO3/c1-3-6-17(2)20-12-13-25(29)30-24(20)11-9-19(22-7-4-5-14-27-22)15-18-8-10-23(28)21(26)16-18/h4-5,7-8,10,12,14-16,24,28-29H,2-3,6,9,11,13H2,1H3/b19-15-. The van der Waals surface area contributed by atoms with E-state index in [2.05, 4.69) is 18.5 Å². The maximum absolute atomic E-state index is 13.8. The molecule has 0 bridgehead atoms. The normalized spacial score (nSPS) is 17.0. The zero-order valence-electron chi connectivity index (χ0n) is 17.2. The van der Waals surface area contributed by atoms with E-state index in [1.165, 1.54) is 12.1 Å². The number of rotatable bonds is 8. The molecule has 30 heavy (non-hydrogen) atoms. The Morgan fingerprint density at radius 2 is 2.17 bits per heavy atom. The lowest BCUT2D eigenvalue weighted by Gasteiger charge is -2.28. The van der Waals surface area contributed by atoms with Crippen molar-refractivity contribution in [1.82, 2.24) is 4.98 Å². The van der Waals surface area contributed by atoms with E-state index in [9.17, 15) is 14.5 Å². The van der Waals surface area contributed by atoms with Gasteiger partial charge >= 0.3 is 7.12 Å². The highest BCUT2D eigenvalue weighted by atomic mass is 19.1. The van der Waals surface area contributed by atoms with Crippen molar-refractivity contribution < 1.29 is 19.2 Å². The molecular weight excluding hydrogens is 380 g/mol. The van der Waals surface area contributed by atoms with Gasteiger partial charge in [-0.25, -0.2) is 4.39 Å². The first-order chi connectivity index (χ1) is 14.5. The van der Waals surface area contributed by atoms with Crippen LogP contribution < -0.4 is 0 Å². The van der Waals surface area contributed by atoms with Crippen molar-refractivity contribution in [3.05, 3.63) is 83.5 Å². The minimum atomic E-state index is -0.818. The molecule has 0 radical (unpaired) electrons. The van der Waals surface area contributed by atoms with E-state index >= 15 is 0 Å². The molecule has 1 aliphatic heterocycles. The number of halogens is 1. The molecule has 1 aliphatic rings. The number of aromatic nitrogens is 1. The van der Waals surface area contributed by atoms with E-state index < -0.39 is 12.9 Å². The molecule has 3 rings (SSSR count). The van der Waals surface area contributed by atoms with Crippen molar-refractivity contribution >= 4 is 18.8 Å². The Morgan fingerprint density at radius 1 is 1.33 bits per heavy atom. The van der Waals surface area contributed by atoms with Crippen LogP contribution >= 0.6 is 0 Å². The van der Waals surface area contributed by atoms with Crippen molar-refractivity contribution in [2.75, 3.05) is 0 Å². The summed E-state index contributed by atoms with van der Waals surface area (Å²) in [6.45, 7) is 6.30. The largest absolute Gasteiger partial charge is 0.505 e. The molecule has 2 aromatic rings. The van der Waals surface area contributed by atoms with Gasteiger partial charge < -0.3 is 14.8 Å². The number of hydrogen-bond acceptors (Lipinski definition) is 4. The highest BCUT2D eigenvalue weighted by Crippen LogP contribution is 2.31. The van der Waals surface area contributed by atoms with Crippen LogP contribution in [0.1, 0.15) is 43.9 Å². The Hall–Kier alpha value is -2.70. The maximum atomic E-state index is 13.8. The predicted octanol–water partition coefficient (Wildman–Crippen LogP) is 5.41. The van der Waals surface area contributed by atoms with E-state index in [-0.39, 0.29) is 11.9 Å². The van der Waals surface area contributed by atoms with Gasteiger partial charge in [0.05, 0.1) is 11.8 Å². The van der Waals surface area contributed by atoms with Gasteiger partial charge in [0.1, 0.15) is 0 Å². The zero-order chi connectivity index (χ0) is 21.5. The fourth-order valence-corrected chi connectivity index (χ4v) is 3.65. The predicted molar refractivity (Wildman–Crippen MR) is 119 cm³/mol. The van der Waals surface area contributed by atoms with Crippen LogP contribution in [0, 0.1) is 5.82 Å². The lowest BCUT2D eigenvalue weighted by molar-refractivity contribution is 0.184. The van der Waals surface area contributed by atoms with Crippen molar-refractivity contribution in [1.29, 1.82) is 0 Å². The van der Waals surface area contributed by atoms with Crippen LogP contribution in [0.3, 0.4) is 0 Å². The van der Waals surface area contributed by atoms with Gasteiger partial charge in [-0.1, -0.05) is 38.1 Å². The summed E-state index contributed by atoms with van der Waals surface area (Å²) >= 11 is 0. The number of allylic oxidation sites excluding steroid dienone is 2. The molecule has 2 heterocycles. The molecule has 1 unspecified atom stereocenters. The molecule has 1 aromatic heterocycles. The third-order valence-corrected chi connectivity index (χ3v) is 5.15. The summed E-state index contributed by atoms with van der Waals surface area (Å²) in [5.41, 5.74) is 4.45. The summed E-state index contributed by atoms with van der Waals surface area (Å²) in [5, 5.41) is 19.4. The summed E-state index contributed by atoms with van der Waals surface area (Å²) in [4.78, 5) is 4.44. The monoisotopic (exact) mass is 407 g/mol. The van der Waals surface area contributed by atoms with Gasteiger partial charge in [0, 0.05) is 12.5 Å². The second kappa shape index (κ2) is 10.4. The third kappa shape index (κ3) is 5.68. The summed E-state index contributed by atoms with van der Waals surface area (Å²) in [6.07, 6.45) is 8.96. The van der Waals surface area contributed by atoms with Crippen molar-refractivity contribution in [2.45, 2.75) is 45.0 Å². The van der Waals surface area contributed by atoms with Gasteiger partial charge in [0.25, 0.3) is 0 Å². The zero-order valence-corrected chi connectivity index (χ0v) is 17.2. The topological polar surface area (TPSA) is 62.6 Å². The van der Waals surface area contributed by atoms with Gasteiger partial charge in [0.2, 0.25) is 0 Å². The lowest BCUT2D eigenvalue weighted by atomic mass is 9.77. The van der Waals surface area contributed by atoms with Gasteiger partial charge in [-0.05, 0) is 71.9 Å². The number of phenols is 1. The number of hydrogen-bond donors (Lipinski definition) is 2. The second-order valence-corrected chi connectivity index (χ2v) is 7.46. The van der Waals surface area contributed by atoms with Crippen LogP contribution in [-0.2, 0) is 4.65 Å². The van der Waals surface area contributed by atoms with Gasteiger partial charge in [-0.3, -0.25) is 4.98 Å². The van der Waals surface area contributed by atoms with E-state index in [4.69, 9.17) is 4.65 Å². The fourth-order valence-electron chi connectivity index (χ4n) is 3.65. The Labute approximate surface area is 177 Å². The maximum Gasteiger partial charge on any atom is 0.458 e. The van der Waals surface area contributed by atoms with Crippen LogP contribution in [0.5, 0.6) is 5.75 Å². The van der Waals surface area contributed by atoms with E-state index in [0.717, 1.165) is 35.3 Å². The SMILES string of the molecule is C=C(CCC)C1=CCB(O)OC1CC/C(=C/c1ccc(O)c(F)c1)c1ccccn1. The molecule has 0 amide bonds. The molecule has 0 saturated carbocycles. The fraction of sp³-hybridized carbons (Fsp3) is 0.292. The first-order valence-electron chi connectivity index (χ1n) is 10.3. The third-order valence-electron chi connectivity index (χ3n) is 5.15. The van der Waals surface area contributed by atoms with Gasteiger partial charge in [0.15, 0.2) is 11.6 Å². The summed E-state index contributed by atoms with van der Waals surface area (Å²) in [7, 11) is -0.818. The molecule has 0 saturated heterocycles. The smallest absolute Gasteiger partial charge is 0.458 e. The highest BCUT2D eigenvalue weighted by Gasteiger charge is 2.28. The quantitative estimate of drug-likeness (QED) is 0.575. The number of nitrogens with zero attached hydrogens (tertiary/aromatic N) is 1. The summed E-state index contributed by atoms with van der Waals surface area (Å²) in [5.74, 6) is -1.04.